The monoisotopic (exact) mass is 411 g/mol. The summed E-state index contributed by atoms with van der Waals surface area (Å²) in [6, 6.07) is 14.7. The number of nitrogen functional groups attached to an aromatic ring is 1. The highest BCUT2D eigenvalue weighted by atomic mass is 35.5. The minimum Gasteiger partial charge on any atom is -0.368 e. The van der Waals surface area contributed by atoms with Crippen LogP contribution in [0, 0.1) is 6.92 Å². The van der Waals surface area contributed by atoms with Crippen LogP contribution in [-0.4, -0.2) is 39.4 Å². The van der Waals surface area contributed by atoms with Crippen molar-refractivity contribution < 1.29 is 4.79 Å². The van der Waals surface area contributed by atoms with Crippen molar-refractivity contribution in [1.29, 1.82) is 0 Å². The summed E-state index contributed by atoms with van der Waals surface area (Å²) in [5, 5.41) is 6.59. The quantitative estimate of drug-likeness (QED) is 0.547. The minimum absolute atomic E-state index is 0.116. The van der Waals surface area contributed by atoms with Crippen molar-refractivity contribution in [3.63, 3.8) is 0 Å². The van der Waals surface area contributed by atoms with Gasteiger partial charge < -0.3 is 16.4 Å². The highest BCUT2D eigenvalue weighted by Crippen LogP contribution is 2.18. The predicted octanol–water partition coefficient (Wildman–Crippen LogP) is 3.23. The number of aryl methyl sites for hydroxylation is 1. The summed E-state index contributed by atoms with van der Waals surface area (Å²) in [6.07, 6.45) is 0. The second-order valence-corrected chi connectivity index (χ2v) is 7.04. The van der Waals surface area contributed by atoms with Gasteiger partial charge in [-0.3, -0.25) is 9.69 Å². The van der Waals surface area contributed by atoms with Gasteiger partial charge in [-0.15, -0.1) is 0 Å². The topological polar surface area (TPSA) is 109 Å². The number of nitrogens with zero attached hydrogens (tertiary/aromatic N) is 4. The van der Waals surface area contributed by atoms with Crippen LogP contribution in [-0.2, 0) is 11.3 Å². The third-order valence-electron chi connectivity index (χ3n) is 4.04. The van der Waals surface area contributed by atoms with E-state index in [9.17, 15) is 4.79 Å². The van der Waals surface area contributed by atoms with Crippen LogP contribution < -0.4 is 16.4 Å². The Labute approximate surface area is 174 Å². The fraction of sp³-hybridized carbons (Fsp3) is 0.200. The number of carbonyl (C=O) groups excluding carboxylic acids is 1. The van der Waals surface area contributed by atoms with Crippen LogP contribution in [0.3, 0.4) is 0 Å². The number of carbonyl (C=O) groups is 1. The Morgan fingerprint density at radius 3 is 2.55 bits per heavy atom. The Bertz CT molecular complexity index is 994. The zero-order valence-electron chi connectivity index (χ0n) is 16.2. The molecule has 8 nitrogen and oxygen atoms in total. The molecule has 2 aromatic carbocycles. The smallest absolute Gasteiger partial charge is 0.238 e. The first-order valence-electron chi connectivity index (χ1n) is 8.96. The minimum atomic E-state index is -0.157. The summed E-state index contributed by atoms with van der Waals surface area (Å²) in [6.45, 7) is 2.48. The van der Waals surface area contributed by atoms with E-state index in [4.69, 9.17) is 17.3 Å². The second-order valence-electron chi connectivity index (χ2n) is 6.60. The molecule has 1 aromatic heterocycles. The van der Waals surface area contributed by atoms with E-state index in [0.29, 0.717) is 29.0 Å². The first kappa shape index (κ1) is 20.5. The van der Waals surface area contributed by atoms with Gasteiger partial charge in [0.2, 0.25) is 17.8 Å². The molecule has 0 atom stereocenters. The number of anilines is 4. The highest BCUT2D eigenvalue weighted by molar-refractivity contribution is 6.30. The number of halogens is 1. The van der Waals surface area contributed by atoms with Crippen LogP contribution >= 0.6 is 11.6 Å². The zero-order chi connectivity index (χ0) is 20.8. The van der Waals surface area contributed by atoms with E-state index in [2.05, 4.69) is 25.6 Å². The van der Waals surface area contributed by atoms with Crippen molar-refractivity contribution in [2.45, 2.75) is 13.5 Å². The van der Waals surface area contributed by atoms with Crippen LogP contribution in [0.1, 0.15) is 11.4 Å². The Kier molecular flexibility index (Phi) is 6.58. The van der Waals surface area contributed by atoms with Crippen LogP contribution in [0.2, 0.25) is 5.02 Å². The summed E-state index contributed by atoms with van der Waals surface area (Å²) in [7, 11) is 1.80. The van der Waals surface area contributed by atoms with Gasteiger partial charge in [-0.05, 0) is 49.9 Å². The maximum atomic E-state index is 12.2. The van der Waals surface area contributed by atoms with Gasteiger partial charge in [0.25, 0.3) is 0 Å². The lowest BCUT2D eigenvalue weighted by molar-refractivity contribution is -0.117. The Morgan fingerprint density at radius 1 is 1.10 bits per heavy atom. The Hall–Kier alpha value is -3.23. The summed E-state index contributed by atoms with van der Waals surface area (Å²) in [5.41, 5.74) is 8.46. The molecule has 1 amide bonds. The molecule has 9 heteroatoms. The first-order chi connectivity index (χ1) is 13.9. The molecule has 3 aromatic rings. The Morgan fingerprint density at radius 2 is 1.83 bits per heavy atom. The van der Waals surface area contributed by atoms with Crippen molar-refractivity contribution in [2.75, 3.05) is 30.0 Å². The molecule has 0 aliphatic carbocycles. The zero-order valence-corrected chi connectivity index (χ0v) is 16.9. The average molecular weight is 412 g/mol. The van der Waals surface area contributed by atoms with E-state index < -0.39 is 0 Å². The number of nitrogens with one attached hydrogen (secondary N) is 2. The molecule has 3 rings (SSSR count). The molecule has 0 radical (unpaired) electrons. The highest BCUT2D eigenvalue weighted by Gasteiger charge is 2.12. The molecular formula is C20H22ClN7O. The third-order valence-corrected chi connectivity index (χ3v) is 4.30. The molecule has 0 fully saturated rings. The van der Waals surface area contributed by atoms with Gasteiger partial charge in [-0.1, -0.05) is 29.8 Å². The Balaban J connectivity index is 1.61. The molecule has 0 bridgehead atoms. The molecule has 1 heterocycles. The maximum Gasteiger partial charge on any atom is 0.238 e. The van der Waals surface area contributed by atoms with Crippen molar-refractivity contribution in [2.24, 2.45) is 0 Å². The molecule has 0 spiro atoms. The number of amides is 1. The lowest BCUT2D eigenvalue weighted by atomic mass is 10.2. The second kappa shape index (κ2) is 9.31. The van der Waals surface area contributed by atoms with E-state index in [1.165, 1.54) is 0 Å². The van der Waals surface area contributed by atoms with Crippen molar-refractivity contribution in [3.05, 3.63) is 64.9 Å². The molecular weight excluding hydrogens is 390 g/mol. The standard InChI is InChI=1S/C20H22ClN7O/c1-13-5-3-4-6-16(13)24-20-26-17(25-19(22)27-20)11-28(2)12-18(29)23-15-9-7-14(21)8-10-15/h3-10H,11-12H2,1-2H3,(H,23,29)(H3,22,24,25,26,27). The molecule has 0 saturated carbocycles. The van der Waals surface area contributed by atoms with E-state index in [1.54, 1.807) is 36.2 Å². The van der Waals surface area contributed by atoms with Crippen LogP contribution in [0.4, 0.5) is 23.3 Å². The SMILES string of the molecule is Cc1ccccc1Nc1nc(N)nc(CN(C)CC(=O)Nc2ccc(Cl)cc2)n1. The normalized spacial score (nSPS) is 10.8. The summed E-state index contributed by atoms with van der Waals surface area (Å²) >= 11 is 5.85. The fourth-order valence-electron chi connectivity index (χ4n) is 2.67. The van der Waals surface area contributed by atoms with Gasteiger partial charge in [-0.25, -0.2) is 0 Å². The van der Waals surface area contributed by atoms with Gasteiger partial charge in [0.1, 0.15) is 5.82 Å². The van der Waals surface area contributed by atoms with Crippen LogP contribution in [0.5, 0.6) is 0 Å². The summed E-state index contributed by atoms with van der Waals surface area (Å²) in [5.74, 6) is 0.788. The number of hydrogen-bond donors (Lipinski definition) is 3. The van der Waals surface area contributed by atoms with Gasteiger partial charge in [-0.2, -0.15) is 15.0 Å². The van der Waals surface area contributed by atoms with Crippen molar-refractivity contribution >= 4 is 40.8 Å². The van der Waals surface area contributed by atoms with Gasteiger partial charge in [0.15, 0.2) is 0 Å². The van der Waals surface area contributed by atoms with Crippen LogP contribution in [0.25, 0.3) is 0 Å². The number of para-hydroxylation sites is 1. The molecule has 0 aliphatic rings. The summed E-state index contributed by atoms with van der Waals surface area (Å²) in [4.78, 5) is 26.7. The van der Waals surface area contributed by atoms with E-state index >= 15 is 0 Å². The maximum absolute atomic E-state index is 12.2. The fourth-order valence-corrected chi connectivity index (χ4v) is 2.80. The number of aromatic nitrogens is 3. The largest absolute Gasteiger partial charge is 0.368 e. The molecule has 0 saturated heterocycles. The molecule has 0 unspecified atom stereocenters. The number of benzene rings is 2. The lowest BCUT2D eigenvalue weighted by Crippen LogP contribution is -2.30. The molecule has 150 valence electrons. The number of rotatable bonds is 7. The number of nitrogens with two attached hydrogens (primary N) is 1. The summed E-state index contributed by atoms with van der Waals surface area (Å²) < 4.78 is 0. The average Bonchev–Trinajstić information content (AvgIpc) is 2.65. The molecule has 4 N–H and O–H groups in total. The van der Waals surface area contributed by atoms with Gasteiger partial charge in [0.05, 0.1) is 13.1 Å². The van der Waals surface area contributed by atoms with Crippen molar-refractivity contribution in [1.82, 2.24) is 19.9 Å². The number of likely N-dealkylation sites (N-methyl/N-ethyl adjacent to an activating group) is 1. The van der Waals surface area contributed by atoms with Crippen LogP contribution in [0.15, 0.2) is 48.5 Å². The van der Waals surface area contributed by atoms with E-state index in [0.717, 1.165) is 11.3 Å². The third kappa shape index (κ3) is 6.13. The first-order valence-corrected chi connectivity index (χ1v) is 9.34. The van der Waals surface area contributed by atoms with Gasteiger partial charge >= 0.3 is 0 Å². The van der Waals surface area contributed by atoms with E-state index in [-0.39, 0.29) is 18.4 Å². The van der Waals surface area contributed by atoms with Gasteiger partial charge in [0, 0.05) is 16.4 Å². The molecule has 29 heavy (non-hydrogen) atoms. The number of hydrogen-bond acceptors (Lipinski definition) is 7. The van der Waals surface area contributed by atoms with Crippen molar-refractivity contribution in [3.8, 4) is 0 Å². The van der Waals surface area contributed by atoms with E-state index in [1.807, 2.05) is 31.2 Å². The molecule has 0 aliphatic heterocycles. The lowest BCUT2D eigenvalue weighted by Gasteiger charge is -2.16. The predicted molar refractivity (Wildman–Crippen MR) is 115 cm³/mol.